The van der Waals surface area contributed by atoms with Crippen LogP contribution in [0.1, 0.15) is 17.7 Å². The third-order valence-corrected chi connectivity index (χ3v) is 1.70. The molecular weight excluding hydrogens is 202 g/mol. The van der Waals surface area contributed by atoms with Crippen molar-refractivity contribution in [1.29, 1.82) is 0 Å². The van der Waals surface area contributed by atoms with Crippen LogP contribution in [-0.4, -0.2) is 17.3 Å². The van der Waals surface area contributed by atoms with E-state index >= 15 is 0 Å². The summed E-state index contributed by atoms with van der Waals surface area (Å²) in [7, 11) is 1.38. The average Bonchev–Trinajstić information content (AvgIpc) is 2.16. The van der Waals surface area contributed by atoms with Crippen molar-refractivity contribution in [2.75, 3.05) is 7.11 Å². The van der Waals surface area contributed by atoms with E-state index in [1.54, 1.807) is 0 Å². The van der Waals surface area contributed by atoms with Crippen molar-refractivity contribution in [2.24, 2.45) is 0 Å². The molecule has 0 fully saturated rings. The normalized spacial score (nSPS) is 10.5. The summed E-state index contributed by atoms with van der Waals surface area (Å²) in [6, 6.07) is 1.18. The molecule has 0 aliphatic rings. The maximum absolute atomic E-state index is 12.1. The number of hydrogen-bond acceptors (Lipinski definition) is 3. The summed E-state index contributed by atoms with van der Waals surface area (Å²) in [5.74, 6) is 0.248. The third-order valence-electron chi connectivity index (χ3n) is 1.41. The molecule has 0 saturated heterocycles. The van der Waals surface area contributed by atoms with Gasteiger partial charge < -0.3 is 4.74 Å². The zero-order chi connectivity index (χ0) is 9.84. The van der Waals surface area contributed by atoms with Crippen LogP contribution in [0.3, 0.4) is 0 Å². The fraction of sp³-hybridized carbons (Fsp3) is 0.429. The molecule has 0 bridgehead atoms. The second kappa shape index (κ2) is 4.32. The lowest BCUT2D eigenvalue weighted by Crippen LogP contribution is -2.00. The minimum absolute atomic E-state index is 0.0679. The van der Waals surface area contributed by atoms with Gasteiger partial charge in [-0.2, -0.15) is 0 Å². The Bertz CT molecular complexity index is 296. The molecule has 0 aliphatic carbocycles. The maximum atomic E-state index is 12.1. The van der Waals surface area contributed by atoms with Gasteiger partial charge in [-0.05, 0) is 6.07 Å². The van der Waals surface area contributed by atoms with Gasteiger partial charge >= 0.3 is 0 Å². The summed E-state index contributed by atoms with van der Waals surface area (Å²) in [5, 5.41) is 6.73. The van der Waals surface area contributed by atoms with E-state index in [-0.39, 0.29) is 11.8 Å². The first kappa shape index (κ1) is 10.1. The molecule has 0 amide bonds. The molecule has 1 aromatic rings. The number of nitrogens with zero attached hydrogens (tertiary/aromatic N) is 2. The monoisotopic (exact) mass is 208 g/mol. The standard InChI is InChI=1S/C7H7ClF2N2O/c1-13-7-4(3-8)2-5(6(9)10)11-12-7/h2,6H,3H2,1H3. The lowest BCUT2D eigenvalue weighted by molar-refractivity contribution is 0.144. The molecular formula is C7H7ClF2N2O. The smallest absolute Gasteiger partial charge is 0.282 e. The Hall–Kier alpha value is -0.970. The van der Waals surface area contributed by atoms with Gasteiger partial charge in [0.15, 0.2) is 0 Å². The number of halogens is 3. The minimum Gasteiger partial charge on any atom is -0.480 e. The van der Waals surface area contributed by atoms with Crippen LogP contribution in [0.4, 0.5) is 8.78 Å². The summed E-state index contributed by atoms with van der Waals surface area (Å²) < 4.78 is 29.0. The molecule has 0 aromatic carbocycles. The predicted octanol–water partition coefficient (Wildman–Crippen LogP) is 2.16. The first-order chi connectivity index (χ1) is 6.19. The molecule has 0 aliphatic heterocycles. The van der Waals surface area contributed by atoms with Crippen molar-refractivity contribution in [3.8, 4) is 5.88 Å². The lowest BCUT2D eigenvalue weighted by atomic mass is 10.3. The van der Waals surface area contributed by atoms with Crippen LogP contribution in [0.25, 0.3) is 0 Å². The quantitative estimate of drug-likeness (QED) is 0.714. The highest BCUT2D eigenvalue weighted by molar-refractivity contribution is 6.17. The summed E-state index contributed by atoms with van der Waals surface area (Å²) in [6.45, 7) is 0. The number of rotatable bonds is 3. The average molecular weight is 209 g/mol. The van der Waals surface area contributed by atoms with Crippen molar-refractivity contribution in [3.63, 3.8) is 0 Å². The summed E-state index contributed by atoms with van der Waals surface area (Å²) in [6.07, 6.45) is -2.64. The predicted molar refractivity (Wildman–Crippen MR) is 43.1 cm³/mol. The number of methoxy groups -OCH3 is 1. The number of alkyl halides is 3. The largest absolute Gasteiger partial charge is 0.480 e. The van der Waals surface area contributed by atoms with E-state index in [0.717, 1.165) is 0 Å². The first-order valence-electron chi connectivity index (χ1n) is 3.43. The van der Waals surface area contributed by atoms with Gasteiger partial charge in [0.1, 0.15) is 5.69 Å². The molecule has 6 heteroatoms. The van der Waals surface area contributed by atoms with Crippen molar-refractivity contribution in [2.45, 2.75) is 12.3 Å². The highest BCUT2D eigenvalue weighted by Gasteiger charge is 2.13. The van der Waals surface area contributed by atoms with Crippen molar-refractivity contribution in [1.82, 2.24) is 10.2 Å². The molecule has 1 aromatic heterocycles. The van der Waals surface area contributed by atoms with E-state index < -0.39 is 12.1 Å². The van der Waals surface area contributed by atoms with E-state index in [1.807, 2.05) is 0 Å². The molecule has 0 unspecified atom stereocenters. The Labute approximate surface area is 78.7 Å². The minimum atomic E-state index is -2.64. The lowest BCUT2D eigenvalue weighted by Gasteiger charge is -2.04. The fourth-order valence-corrected chi connectivity index (χ4v) is 1.00. The molecule has 0 atom stereocenters. The molecule has 0 saturated carbocycles. The molecule has 1 heterocycles. The van der Waals surface area contributed by atoms with Gasteiger partial charge in [-0.1, -0.05) is 0 Å². The first-order valence-corrected chi connectivity index (χ1v) is 3.97. The van der Waals surface area contributed by atoms with Gasteiger partial charge in [0, 0.05) is 5.56 Å². The van der Waals surface area contributed by atoms with Gasteiger partial charge in [0.05, 0.1) is 13.0 Å². The molecule has 0 spiro atoms. The van der Waals surface area contributed by atoms with Crippen LogP contribution in [0.2, 0.25) is 0 Å². The fourth-order valence-electron chi connectivity index (χ4n) is 0.811. The summed E-state index contributed by atoms with van der Waals surface area (Å²) >= 11 is 5.49. The number of aromatic nitrogens is 2. The Morgan fingerprint density at radius 1 is 1.54 bits per heavy atom. The third kappa shape index (κ3) is 2.24. The van der Waals surface area contributed by atoms with Crippen LogP contribution in [0, 0.1) is 0 Å². The van der Waals surface area contributed by atoms with Crippen LogP contribution in [-0.2, 0) is 5.88 Å². The molecule has 72 valence electrons. The Morgan fingerprint density at radius 3 is 2.69 bits per heavy atom. The molecule has 0 N–H and O–H groups in total. The van der Waals surface area contributed by atoms with Gasteiger partial charge in [0.25, 0.3) is 6.43 Å². The van der Waals surface area contributed by atoms with Crippen molar-refractivity contribution in [3.05, 3.63) is 17.3 Å². The Balaban J connectivity index is 3.05. The van der Waals surface area contributed by atoms with Gasteiger partial charge in [0.2, 0.25) is 5.88 Å². The number of ether oxygens (including phenoxy) is 1. The van der Waals surface area contributed by atoms with E-state index in [2.05, 4.69) is 10.2 Å². The topological polar surface area (TPSA) is 35.0 Å². The SMILES string of the molecule is COc1nnc(C(F)F)cc1CCl. The second-order valence-electron chi connectivity index (χ2n) is 2.24. The summed E-state index contributed by atoms with van der Waals surface area (Å²) in [4.78, 5) is 0. The highest BCUT2D eigenvalue weighted by Crippen LogP contribution is 2.22. The zero-order valence-electron chi connectivity index (χ0n) is 6.80. The van der Waals surface area contributed by atoms with Crippen LogP contribution >= 0.6 is 11.6 Å². The molecule has 1 rings (SSSR count). The van der Waals surface area contributed by atoms with Crippen molar-refractivity contribution >= 4 is 11.6 Å². The summed E-state index contributed by atoms with van der Waals surface area (Å²) in [5.41, 5.74) is 0.0194. The van der Waals surface area contributed by atoms with E-state index in [9.17, 15) is 8.78 Å². The highest BCUT2D eigenvalue weighted by atomic mass is 35.5. The van der Waals surface area contributed by atoms with E-state index in [1.165, 1.54) is 13.2 Å². The van der Waals surface area contributed by atoms with Crippen LogP contribution in [0.15, 0.2) is 6.07 Å². The van der Waals surface area contributed by atoms with E-state index in [4.69, 9.17) is 16.3 Å². The zero-order valence-corrected chi connectivity index (χ0v) is 7.55. The van der Waals surface area contributed by atoms with Gasteiger partial charge in [-0.25, -0.2) is 8.78 Å². The van der Waals surface area contributed by atoms with Crippen molar-refractivity contribution < 1.29 is 13.5 Å². The molecule has 13 heavy (non-hydrogen) atoms. The Kier molecular flexibility index (Phi) is 3.36. The maximum Gasteiger partial charge on any atom is 0.282 e. The second-order valence-corrected chi connectivity index (χ2v) is 2.51. The van der Waals surface area contributed by atoms with E-state index in [0.29, 0.717) is 5.56 Å². The van der Waals surface area contributed by atoms with Crippen LogP contribution < -0.4 is 4.74 Å². The molecule has 0 radical (unpaired) electrons. The molecule has 3 nitrogen and oxygen atoms in total. The number of hydrogen-bond donors (Lipinski definition) is 0. The van der Waals surface area contributed by atoms with Gasteiger partial charge in [-0.3, -0.25) is 0 Å². The van der Waals surface area contributed by atoms with Gasteiger partial charge in [-0.15, -0.1) is 21.8 Å². The van der Waals surface area contributed by atoms with Crippen LogP contribution in [0.5, 0.6) is 5.88 Å². The Morgan fingerprint density at radius 2 is 2.23 bits per heavy atom.